The number of halogens is 1. The summed E-state index contributed by atoms with van der Waals surface area (Å²) < 4.78 is 0. The Bertz CT molecular complexity index is 284. The first-order valence-electron chi connectivity index (χ1n) is 5.32. The van der Waals surface area contributed by atoms with Crippen molar-refractivity contribution < 1.29 is 0 Å². The zero-order valence-corrected chi connectivity index (χ0v) is 9.87. The molecule has 1 aromatic rings. The van der Waals surface area contributed by atoms with Crippen molar-refractivity contribution in [3.8, 4) is 0 Å². The second-order valence-corrected chi connectivity index (χ2v) is 4.60. The van der Waals surface area contributed by atoms with Crippen LogP contribution < -0.4 is 11.5 Å². The zero-order chi connectivity index (χ0) is 11.3. The lowest BCUT2D eigenvalue weighted by molar-refractivity contribution is 0.465. The number of benzene rings is 1. The minimum absolute atomic E-state index is 0.118. The lowest BCUT2D eigenvalue weighted by Crippen LogP contribution is -2.31. The van der Waals surface area contributed by atoms with E-state index in [0.717, 1.165) is 17.9 Å². The molecular formula is C12H19ClN2. The first-order valence-corrected chi connectivity index (χ1v) is 5.69. The maximum atomic E-state index is 5.82. The fourth-order valence-corrected chi connectivity index (χ4v) is 1.85. The van der Waals surface area contributed by atoms with Gasteiger partial charge in [-0.3, -0.25) is 0 Å². The Hall–Kier alpha value is -0.570. The van der Waals surface area contributed by atoms with Gasteiger partial charge < -0.3 is 11.5 Å². The second kappa shape index (κ2) is 6.11. The molecule has 84 valence electrons. The standard InChI is InChI=1S/C12H19ClN2/c1-9(7-12(15)8-14)6-10-2-4-11(13)5-3-10/h2-5,9,12H,6-8,14-15H2,1H3. The van der Waals surface area contributed by atoms with Crippen molar-refractivity contribution in [3.05, 3.63) is 34.9 Å². The van der Waals surface area contributed by atoms with Crippen LogP contribution in [0.4, 0.5) is 0 Å². The van der Waals surface area contributed by atoms with Gasteiger partial charge in [-0.25, -0.2) is 0 Å². The first kappa shape index (κ1) is 12.5. The van der Waals surface area contributed by atoms with Gasteiger partial charge in [-0.05, 0) is 36.5 Å². The van der Waals surface area contributed by atoms with Crippen LogP contribution in [0.25, 0.3) is 0 Å². The third-order valence-electron chi connectivity index (χ3n) is 2.51. The van der Waals surface area contributed by atoms with Crippen LogP contribution in [-0.4, -0.2) is 12.6 Å². The van der Waals surface area contributed by atoms with Gasteiger partial charge in [0.1, 0.15) is 0 Å². The number of rotatable bonds is 5. The summed E-state index contributed by atoms with van der Waals surface area (Å²) in [5.74, 6) is 0.560. The van der Waals surface area contributed by atoms with Crippen molar-refractivity contribution in [2.24, 2.45) is 17.4 Å². The van der Waals surface area contributed by atoms with E-state index in [2.05, 4.69) is 19.1 Å². The fourth-order valence-electron chi connectivity index (χ4n) is 1.72. The smallest absolute Gasteiger partial charge is 0.0406 e. The van der Waals surface area contributed by atoms with Crippen molar-refractivity contribution in [3.63, 3.8) is 0 Å². The third kappa shape index (κ3) is 4.65. The third-order valence-corrected chi connectivity index (χ3v) is 2.76. The minimum atomic E-state index is 0.118. The van der Waals surface area contributed by atoms with Crippen LogP contribution >= 0.6 is 11.6 Å². The molecule has 2 nitrogen and oxygen atoms in total. The van der Waals surface area contributed by atoms with Crippen LogP contribution in [0, 0.1) is 5.92 Å². The summed E-state index contributed by atoms with van der Waals surface area (Å²) in [6, 6.07) is 8.09. The molecule has 0 fully saturated rings. The summed E-state index contributed by atoms with van der Waals surface area (Å²) in [6.07, 6.45) is 2.00. The Morgan fingerprint density at radius 3 is 2.40 bits per heavy atom. The average Bonchev–Trinajstić information content (AvgIpc) is 2.21. The van der Waals surface area contributed by atoms with Crippen LogP contribution in [0.5, 0.6) is 0 Å². The Labute approximate surface area is 96.6 Å². The molecule has 0 radical (unpaired) electrons. The van der Waals surface area contributed by atoms with Crippen molar-refractivity contribution in [2.45, 2.75) is 25.8 Å². The summed E-state index contributed by atoms with van der Waals surface area (Å²) in [4.78, 5) is 0. The Morgan fingerprint density at radius 2 is 1.87 bits per heavy atom. The van der Waals surface area contributed by atoms with E-state index in [4.69, 9.17) is 23.1 Å². The molecule has 2 unspecified atom stereocenters. The molecule has 0 spiro atoms. The molecule has 0 bridgehead atoms. The van der Waals surface area contributed by atoms with Gasteiger partial charge in [0, 0.05) is 17.6 Å². The lowest BCUT2D eigenvalue weighted by atomic mass is 9.95. The molecule has 0 heterocycles. The second-order valence-electron chi connectivity index (χ2n) is 4.17. The lowest BCUT2D eigenvalue weighted by Gasteiger charge is -2.15. The predicted molar refractivity (Wildman–Crippen MR) is 66.0 cm³/mol. The van der Waals surface area contributed by atoms with E-state index < -0.39 is 0 Å². The molecule has 0 amide bonds. The van der Waals surface area contributed by atoms with Gasteiger partial charge in [-0.1, -0.05) is 30.7 Å². The quantitative estimate of drug-likeness (QED) is 0.809. The van der Waals surface area contributed by atoms with Gasteiger partial charge in [0.15, 0.2) is 0 Å². The molecule has 3 heteroatoms. The van der Waals surface area contributed by atoms with E-state index in [1.54, 1.807) is 0 Å². The highest BCUT2D eigenvalue weighted by molar-refractivity contribution is 6.30. The van der Waals surface area contributed by atoms with Crippen molar-refractivity contribution in [1.29, 1.82) is 0 Å². The highest BCUT2D eigenvalue weighted by atomic mass is 35.5. The van der Waals surface area contributed by atoms with Gasteiger partial charge in [0.05, 0.1) is 0 Å². The van der Waals surface area contributed by atoms with Crippen LogP contribution in [0.1, 0.15) is 18.9 Å². The van der Waals surface area contributed by atoms with E-state index in [1.807, 2.05) is 12.1 Å². The van der Waals surface area contributed by atoms with E-state index in [9.17, 15) is 0 Å². The number of nitrogens with two attached hydrogens (primary N) is 2. The fraction of sp³-hybridized carbons (Fsp3) is 0.500. The molecule has 0 aliphatic carbocycles. The molecule has 2 atom stereocenters. The average molecular weight is 227 g/mol. The monoisotopic (exact) mass is 226 g/mol. The Balaban J connectivity index is 2.44. The molecular weight excluding hydrogens is 208 g/mol. The summed E-state index contributed by atoms with van der Waals surface area (Å²) >= 11 is 5.82. The maximum Gasteiger partial charge on any atom is 0.0406 e. The summed E-state index contributed by atoms with van der Waals surface area (Å²) in [5, 5.41) is 0.782. The van der Waals surface area contributed by atoms with Crippen LogP contribution in [-0.2, 0) is 6.42 Å². The Morgan fingerprint density at radius 1 is 1.27 bits per heavy atom. The maximum absolute atomic E-state index is 5.82. The van der Waals surface area contributed by atoms with Crippen molar-refractivity contribution in [1.82, 2.24) is 0 Å². The minimum Gasteiger partial charge on any atom is -0.329 e. The molecule has 0 saturated heterocycles. The summed E-state index contributed by atoms with van der Waals surface area (Å²) in [7, 11) is 0. The molecule has 1 aromatic carbocycles. The SMILES string of the molecule is CC(Cc1ccc(Cl)cc1)CC(N)CN. The highest BCUT2D eigenvalue weighted by Crippen LogP contribution is 2.15. The van der Waals surface area contributed by atoms with Gasteiger partial charge in [-0.2, -0.15) is 0 Å². The Kier molecular flexibility index (Phi) is 5.09. The summed E-state index contributed by atoms with van der Waals surface area (Å²) in [5.41, 5.74) is 12.6. The largest absolute Gasteiger partial charge is 0.329 e. The van der Waals surface area contributed by atoms with Crippen molar-refractivity contribution in [2.75, 3.05) is 6.54 Å². The van der Waals surface area contributed by atoms with Crippen LogP contribution in [0.15, 0.2) is 24.3 Å². The normalized spacial score (nSPS) is 14.9. The molecule has 0 aliphatic rings. The van der Waals surface area contributed by atoms with E-state index in [0.29, 0.717) is 12.5 Å². The van der Waals surface area contributed by atoms with Gasteiger partial charge in [-0.15, -0.1) is 0 Å². The van der Waals surface area contributed by atoms with Gasteiger partial charge in [0.2, 0.25) is 0 Å². The number of hydrogen-bond acceptors (Lipinski definition) is 2. The first-order chi connectivity index (χ1) is 7.11. The highest BCUT2D eigenvalue weighted by Gasteiger charge is 2.08. The van der Waals surface area contributed by atoms with Crippen molar-refractivity contribution >= 4 is 11.6 Å². The molecule has 0 saturated carbocycles. The predicted octanol–water partition coefficient (Wildman–Crippen LogP) is 2.19. The zero-order valence-electron chi connectivity index (χ0n) is 9.12. The molecule has 0 aliphatic heterocycles. The molecule has 4 N–H and O–H groups in total. The number of hydrogen-bond donors (Lipinski definition) is 2. The van der Waals surface area contributed by atoms with Crippen LogP contribution in [0.2, 0.25) is 5.02 Å². The van der Waals surface area contributed by atoms with Gasteiger partial charge >= 0.3 is 0 Å². The van der Waals surface area contributed by atoms with Crippen LogP contribution in [0.3, 0.4) is 0 Å². The molecule has 15 heavy (non-hydrogen) atoms. The summed E-state index contributed by atoms with van der Waals surface area (Å²) in [6.45, 7) is 2.76. The van der Waals surface area contributed by atoms with E-state index in [-0.39, 0.29) is 6.04 Å². The van der Waals surface area contributed by atoms with E-state index in [1.165, 1.54) is 5.56 Å². The molecule has 0 aromatic heterocycles. The molecule has 1 rings (SSSR count). The van der Waals surface area contributed by atoms with E-state index >= 15 is 0 Å². The van der Waals surface area contributed by atoms with Gasteiger partial charge in [0.25, 0.3) is 0 Å². The topological polar surface area (TPSA) is 52.0 Å².